The maximum Gasteiger partial charge on any atom is 0.255 e. The van der Waals surface area contributed by atoms with Crippen molar-refractivity contribution in [2.24, 2.45) is 18.7 Å². The number of carbonyl (C=O) groups is 1. The molecule has 0 radical (unpaired) electrons. The quantitative estimate of drug-likeness (QED) is 0.479. The van der Waals surface area contributed by atoms with Gasteiger partial charge in [0.2, 0.25) is 0 Å². The second-order valence-electron chi connectivity index (χ2n) is 7.61. The van der Waals surface area contributed by atoms with Crippen molar-refractivity contribution >= 4 is 39.6 Å². The van der Waals surface area contributed by atoms with Crippen LogP contribution in [0.2, 0.25) is 5.02 Å². The first-order chi connectivity index (χ1) is 13.9. The molecule has 3 atom stereocenters. The summed E-state index contributed by atoms with van der Waals surface area (Å²) >= 11 is 6.12. The largest absolute Gasteiger partial charge is 0.349 e. The van der Waals surface area contributed by atoms with E-state index < -0.39 is 0 Å². The SMILES string of the molecule is C[C@@H](NC(=O)c1c[nH]c2ncc(-c3nn(C)c4cc(Cl)ccc34)nc12)[C@@H]1C[C@@H]1N. The smallest absolute Gasteiger partial charge is 0.255 e. The van der Waals surface area contributed by atoms with E-state index in [1.54, 1.807) is 17.1 Å². The number of hydrogen-bond acceptors (Lipinski definition) is 5. The highest BCUT2D eigenvalue weighted by molar-refractivity contribution is 6.31. The highest BCUT2D eigenvalue weighted by atomic mass is 35.5. The van der Waals surface area contributed by atoms with Gasteiger partial charge in [-0.05, 0) is 37.5 Å². The number of nitrogens with two attached hydrogens (primary N) is 1. The zero-order valence-electron chi connectivity index (χ0n) is 16.0. The number of nitrogens with zero attached hydrogens (tertiary/aromatic N) is 4. The molecule has 0 spiro atoms. The van der Waals surface area contributed by atoms with Crippen molar-refractivity contribution in [2.45, 2.75) is 25.4 Å². The van der Waals surface area contributed by atoms with Crippen LogP contribution in [-0.2, 0) is 7.05 Å². The topological polar surface area (TPSA) is 115 Å². The van der Waals surface area contributed by atoms with Gasteiger partial charge in [0.1, 0.15) is 16.9 Å². The van der Waals surface area contributed by atoms with E-state index in [4.69, 9.17) is 22.3 Å². The Balaban J connectivity index is 1.54. The highest BCUT2D eigenvalue weighted by Gasteiger charge is 2.38. The Hall–Kier alpha value is -2.97. The van der Waals surface area contributed by atoms with Gasteiger partial charge in [0.05, 0.1) is 17.3 Å². The summed E-state index contributed by atoms with van der Waals surface area (Å²) in [5.74, 6) is 0.143. The van der Waals surface area contributed by atoms with Crippen molar-refractivity contribution in [3.05, 3.63) is 41.2 Å². The van der Waals surface area contributed by atoms with Gasteiger partial charge in [-0.15, -0.1) is 0 Å². The molecule has 29 heavy (non-hydrogen) atoms. The third-order valence-electron chi connectivity index (χ3n) is 5.57. The van der Waals surface area contributed by atoms with Gasteiger partial charge in [0.25, 0.3) is 5.91 Å². The summed E-state index contributed by atoms with van der Waals surface area (Å²) < 4.78 is 1.76. The summed E-state index contributed by atoms with van der Waals surface area (Å²) in [7, 11) is 1.85. The Morgan fingerprint density at radius 1 is 1.45 bits per heavy atom. The molecular formula is C20H20ClN7O. The van der Waals surface area contributed by atoms with Crippen LogP contribution >= 0.6 is 11.6 Å². The van der Waals surface area contributed by atoms with Gasteiger partial charge in [-0.25, -0.2) is 9.97 Å². The summed E-state index contributed by atoms with van der Waals surface area (Å²) in [4.78, 5) is 25.0. The molecule has 1 saturated carbocycles. The van der Waals surface area contributed by atoms with Gasteiger partial charge in [-0.2, -0.15) is 5.10 Å². The lowest BCUT2D eigenvalue weighted by Gasteiger charge is -2.12. The van der Waals surface area contributed by atoms with Crippen LogP contribution in [0, 0.1) is 5.92 Å². The number of H-pyrrole nitrogens is 1. The Labute approximate surface area is 171 Å². The lowest BCUT2D eigenvalue weighted by Crippen LogP contribution is -2.35. The Bertz CT molecular complexity index is 1260. The van der Waals surface area contributed by atoms with Crippen molar-refractivity contribution in [1.82, 2.24) is 30.0 Å². The van der Waals surface area contributed by atoms with Gasteiger partial charge < -0.3 is 16.0 Å². The van der Waals surface area contributed by atoms with Crippen LogP contribution in [0.5, 0.6) is 0 Å². The molecule has 1 aliphatic rings. The summed E-state index contributed by atoms with van der Waals surface area (Å²) in [6.07, 6.45) is 4.23. The summed E-state index contributed by atoms with van der Waals surface area (Å²) in [6.45, 7) is 1.98. The minimum absolute atomic E-state index is 0.0167. The van der Waals surface area contributed by atoms with Crippen LogP contribution in [0.4, 0.5) is 0 Å². The van der Waals surface area contributed by atoms with Gasteiger partial charge in [-0.1, -0.05) is 11.6 Å². The molecule has 5 rings (SSSR count). The average Bonchev–Trinajstić information content (AvgIpc) is 3.15. The van der Waals surface area contributed by atoms with E-state index in [2.05, 4.69) is 20.4 Å². The number of amides is 1. The van der Waals surface area contributed by atoms with Crippen LogP contribution in [0.25, 0.3) is 33.5 Å². The third kappa shape index (κ3) is 3.04. The molecule has 4 N–H and O–H groups in total. The molecular weight excluding hydrogens is 390 g/mol. The Kier molecular flexibility index (Phi) is 4.07. The zero-order chi connectivity index (χ0) is 20.3. The molecule has 9 heteroatoms. The van der Waals surface area contributed by atoms with Crippen LogP contribution in [0.15, 0.2) is 30.6 Å². The summed E-state index contributed by atoms with van der Waals surface area (Å²) in [5, 5.41) is 9.17. The lowest BCUT2D eigenvalue weighted by molar-refractivity contribution is 0.0937. The molecule has 1 aromatic carbocycles. The maximum atomic E-state index is 12.8. The van der Waals surface area contributed by atoms with Gasteiger partial charge >= 0.3 is 0 Å². The third-order valence-corrected chi connectivity index (χ3v) is 5.81. The number of aryl methyl sites for hydroxylation is 1. The molecule has 1 amide bonds. The average molecular weight is 410 g/mol. The van der Waals surface area contributed by atoms with Crippen LogP contribution < -0.4 is 11.1 Å². The molecule has 4 aromatic rings. The minimum atomic E-state index is -0.188. The molecule has 1 aliphatic carbocycles. The van der Waals surface area contributed by atoms with Crippen molar-refractivity contribution in [2.75, 3.05) is 0 Å². The number of nitrogens with one attached hydrogen (secondary N) is 2. The fourth-order valence-corrected chi connectivity index (χ4v) is 3.97. The summed E-state index contributed by atoms with van der Waals surface area (Å²) in [5.41, 5.74) is 9.61. The normalized spacial score (nSPS) is 19.6. The number of halogens is 1. The predicted molar refractivity (Wildman–Crippen MR) is 112 cm³/mol. The Morgan fingerprint density at radius 2 is 2.24 bits per heavy atom. The molecule has 148 valence electrons. The molecule has 8 nitrogen and oxygen atoms in total. The van der Waals surface area contributed by atoms with E-state index in [0.717, 1.165) is 17.3 Å². The van der Waals surface area contributed by atoms with Gasteiger partial charge in [-0.3, -0.25) is 9.48 Å². The number of rotatable bonds is 4. The molecule has 3 heterocycles. The van der Waals surface area contributed by atoms with E-state index in [9.17, 15) is 4.79 Å². The predicted octanol–water partition coefficient (Wildman–Crippen LogP) is 2.63. The van der Waals surface area contributed by atoms with Crippen molar-refractivity contribution in [3.63, 3.8) is 0 Å². The van der Waals surface area contributed by atoms with E-state index in [0.29, 0.717) is 39.1 Å². The number of fused-ring (bicyclic) bond motifs is 2. The molecule has 0 unspecified atom stereocenters. The number of hydrogen-bond donors (Lipinski definition) is 3. The first-order valence-electron chi connectivity index (χ1n) is 9.45. The molecule has 3 aromatic heterocycles. The number of carbonyl (C=O) groups excluding carboxylic acids is 1. The Morgan fingerprint density at radius 3 is 3.00 bits per heavy atom. The number of benzene rings is 1. The maximum absolute atomic E-state index is 12.8. The monoisotopic (exact) mass is 409 g/mol. The number of aromatic nitrogens is 5. The highest BCUT2D eigenvalue weighted by Crippen LogP contribution is 2.32. The fraction of sp³-hybridized carbons (Fsp3) is 0.300. The van der Waals surface area contributed by atoms with Crippen molar-refractivity contribution < 1.29 is 4.79 Å². The second-order valence-corrected chi connectivity index (χ2v) is 8.05. The molecule has 0 bridgehead atoms. The van der Waals surface area contributed by atoms with Crippen molar-refractivity contribution in [1.29, 1.82) is 0 Å². The van der Waals surface area contributed by atoms with Crippen LogP contribution in [0.1, 0.15) is 23.7 Å². The molecule has 1 fully saturated rings. The zero-order valence-corrected chi connectivity index (χ0v) is 16.7. The van der Waals surface area contributed by atoms with Gasteiger partial charge in [0.15, 0.2) is 5.65 Å². The first kappa shape index (κ1) is 18.1. The van der Waals surface area contributed by atoms with Crippen LogP contribution in [-0.4, -0.2) is 42.7 Å². The van der Waals surface area contributed by atoms with Gasteiger partial charge in [0, 0.05) is 35.7 Å². The van der Waals surface area contributed by atoms with E-state index >= 15 is 0 Å². The van der Waals surface area contributed by atoms with Crippen LogP contribution in [0.3, 0.4) is 0 Å². The summed E-state index contributed by atoms with van der Waals surface area (Å²) in [6, 6.07) is 5.78. The molecule has 0 aliphatic heterocycles. The lowest BCUT2D eigenvalue weighted by atomic mass is 10.1. The molecule has 0 saturated heterocycles. The van der Waals surface area contributed by atoms with E-state index in [1.807, 2.05) is 32.2 Å². The fourth-order valence-electron chi connectivity index (χ4n) is 3.80. The second kappa shape index (κ2) is 6.53. The minimum Gasteiger partial charge on any atom is -0.349 e. The van der Waals surface area contributed by atoms with Crippen molar-refractivity contribution in [3.8, 4) is 11.4 Å². The van der Waals surface area contributed by atoms with E-state index in [1.165, 1.54) is 0 Å². The standard InChI is InChI=1S/C20H20ClN7O/c1-9(12-6-14(12)22)25-20(29)13-7-23-19-18(13)26-15(8-24-19)17-11-4-3-10(21)5-16(11)28(2)27-17/h3-5,7-9,12,14H,6,22H2,1-2H3,(H,23,24)(H,25,29)/t9-,12+,14+/m1/s1. The van der Waals surface area contributed by atoms with E-state index in [-0.39, 0.29) is 18.0 Å². The first-order valence-corrected chi connectivity index (χ1v) is 9.83. The number of aromatic amines is 1.